The topological polar surface area (TPSA) is 97.3 Å². The first-order chi connectivity index (χ1) is 16.6. The van der Waals surface area contributed by atoms with E-state index in [9.17, 15) is 27.2 Å². The predicted octanol–water partition coefficient (Wildman–Crippen LogP) is 2.95. The summed E-state index contributed by atoms with van der Waals surface area (Å²) in [7, 11) is 0. The summed E-state index contributed by atoms with van der Waals surface area (Å²) in [6.07, 6.45) is -3.35. The number of anilines is 1. The van der Waals surface area contributed by atoms with Crippen LogP contribution in [0.15, 0.2) is 36.4 Å². The summed E-state index contributed by atoms with van der Waals surface area (Å²) in [5.74, 6) is -2.09. The van der Waals surface area contributed by atoms with Crippen LogP contribution in [-0.4, -0.2) is 68.2 Å². The molecule has 2 amide bonds. The van der Waals surface area contributed by atoms with Gasteiger partial charge in [0.25, 0.3) is 5.91 Å². The van der Waals surface area contributed by atoms with Crippen molar-refractivity contribution in [3.8, 4) is 0 Å². The van der Waals surface area contributed by atoms with Crippen LogP contribution in [0.3, 0.4) is 0 Å². The van der Waals surface area contributed by atoms with Crippen LogP contribution in [0.1, 0.15) is 34.8 Å². The van der Waals surface area contributed by atoms with E-state index in [-0.39, 0.29) is 35.8 Å². The SMILES string of the molecule is Nc1cc(C(=O)N2CC(c3nn(CC(=O)N(CC(F)(F)F)C4CC4)c4ccccc34)C2)cc(F)n1. The number of nitrogen functional groups attached to an aromatic ring is 1. The molecule has 0 spiro atoms. The van der Waals surface area contributed by atoms with E-state index < -0.39 is 24.6 Å². The minimum Gasteiger partial charge on any atom is -0.384 e. The number of carbonyl (C=O) groups is 2. The number of aromatic nitrogens is 3. The first-order valence-electron chi connectivity index (χ1n) is 11.1. The average Bonchev–Trinajstić information content (AvgIpc) is 3.53. The molecule has 3 aromatic rings. The van der Waals surface area contributed by atoms with Crippen LogP contribution < -0.4 is 5.73 Å². The lowest BCUT2D eigenvalue weighted by Crippen LogP contribution is -2.48. The van der Waals surface area contributed by atoms with Gasteiger partial charge in [0.05, 0.1) is 11.2 Å². The van der Waals surface area contributed by atoms with E-state index in [0.29, 0.717) is 37.1 Å². The number of benzene rings is 1. The number of amides is 2. The van der Waals surface area contributed by atoms with Gasteiger partial charge in [0, 0.05) is 42.1 Å². The Morgan fingerprint density at radius 1 is 1.14 bits per heavy atom. The van der Waals surface area contributed by atoms with Crippen LogP contribution in [0.4, 0.5) is 23.4 Å². The summed E-state index contributed by atoms with van der Waals surface area (Å²) in [5.41, 5.74) is 6.92. The average molecular weight is 490 g/mol. The number of pyridine rings is 1. The third-order valence-electron chi connectivity index (χ3n) is 6.25. The molecule has 0 radical (unpaired) electrons. The minimum atomic E-state index is -4.47. The van der Waals surface area contributed by atoms with Gasteiger partial charge in [-0.05, 0) is 25.0 Å². The Morgan fingerprint density at radius 3 is 2.51 bits per heavy atom. The van der Waals surface area contributed by atoms with E-state index in [1.165, 1.54) is 15.6 Å². The number of nitrogens with two attached hydrogens (primary N) is 1. The zero-order valence-electron chi connectivity index (χ0n) is 18.5. The summed E-state index contributed by atoms with van der Waals surface area (Å²) in [4.78, 5) is 31.3. The first kappa shape index (κ1) is 23.1. The van der Waals surface area contributed by atoms with Gasteiger partial charge < -0.3 is 15.5 Å². The highest BCUT2D eigenvalue weighted by molar-refractivity contribution is 5.95. The fourth-order valence-corrected chi connectivity index (χ4v) is 4.43. The van der Waals surface area contributed by atoms with E-state index in [1.54, 1.807) is 12.1 Å². The van der Waals surface area contributed by atoms with Crippen molar-refractivity contribution in [2.75, 3.05) is 25.4 Å². The summed E-state index contributed by atoms with van der Waals surface area (Å²) >= 11 is 0. The zero-order chi connectivity index (χ0) is 24.9. The second-order valence-electron chi connectivity index (χ2n) is 8.94. The number of rotatable bonds is 6. The van der Waals surface area contributed by atoms with Crippen LogP contribution in [-0.2, 0) is 11.3 Å². The number of alkyl halides is 3. The Hall–Kier alpha value is -3.70. The molecular weight excluding hydrogens is 468 g/mol. The molecule has 0 unspecified atom stereocenters. The minimum absolute atomic E-state index is 0.0920. The van der Waals surface area contributed by atoms with Gasteiger partial charge in [0.2, 0.25) is 11.9 Å². The third-order valence-corrected chi connectivity index (χ3v) is 6.25. The molecule has 1 saturated carbocycles. The van der Waals surface area contributed by atoms with E-state index in [4.69, 9.17) is 5.73 Å². The molecule has 12 heteroatoms. The normalized spacial score (nSPS) is 16.4. The molecule has 184 valence electrons. The number of para-hydroxylation sites is 1. The van der Waals surface area contributed by atoms with Crippen LogP contribution >= 0.6 is 0 Å². The van der Waals surface area contributed by atoms with Gasteiger partial charge in [-0.2, -0.15) is 22.7 Å². The van der Waals surface area contributed by atoms with Gasteiger partial charge in [0.1, 0.15) is 18.9 Å². The maximum absolute atomic E-state index is 13.5. The van der Waals surface area contributed by atoms with Crippen LogP contribution in [0.2, 0.25) is 0 Å². The molecule has 5 rings (SSSR count). The van der Waals surface area contributed by atoms with Gasteiger partial charge in [0.15, 0.2) is 0 Å². The van der Waals surface area contributed by atoms with E-state index in [1.807, 2.05) is 12.1 Å². The van der Waals surface area contributed by atoms with Crippen molar-refractivity contribution in [1.29, 1.82) is 0 Å². The molecule has 1 aliphatic carbocycles. The first-order valence-corrected chi connectivity index (χ1v) is 11.1. The molecule has 8 nitrogen and oxygen atoms in total. The molecule has 0 bridgehead atoms. The highest BCUT2D eigenvalue weighted by Gasteiger charge is 2.41. The van der Waals surface area contributed by atoms with Crippen molar-refractivity contribution in [3.63, 3.8) is 0 Å². The Balaban J connectivity index is 1.33. The van der Waals surface area contributed by atoms with Gasteiger partial charge in [-0.3, -0.25) is 14.3 Å². The third kappa shape index (κ3) is 4.77. The zero-order valence-corrected chi connectivity index (χ0v) is 18.5. The van der Waals surface area contributed by atoms with Gasteiger partial charge >= 0.3 is 6.18 Å². The van der Waals surface area contributed by atoms with Gasteiger partial charge in [-0.1, -0.05) is 18.2 Å². The molecule has 1 aromatic carbocycles. The quantitative estimate of drug-likeness (QED) is 0.423. The maximum Gasteiger partial charge on any atom is 0.406 e. The molecular formula is C23H22F4N6O2. The van der Waals surface area contributed by atoms with Crippen molar-refractivity contribution in [2.24, 2.45) is 0 Å². The fraction of sp³-hybridized carbons (Fsp3) is 0.391. The highest BCUT2D eigenvalue weighted by atomic mass is 19.4. The summed E-state index contributed by atoms with van der Waals surface area (Å²) in [5, 5.41) is 5.33. The van der Waals surface area contributed by atoms with Crippen molar-refractivity contribution >= 4 is 28.5 Å². The highest BCUT2D eigenvalue weighted by Crippen LogP contribution is 2.34. The summed E-state index contributed by atoms with van der Waals surface area (Å²) < 4.78 is 54.0. The van der Waals surface area contributed by atoms with E-state index in [2.05, 4.69) is 10.1 Å². The van der Waals surface area contributed by atoms with Crippen molar-refractivity contribution in [1.82, 2.24) is 24.6 Å². The number of nitrogens with zero attached hydrogens (tertiary/aromatic N) is 5. The number of hydrogen-bond donors (Lipinski definition) is 1. The van der Waals surface area contributed by atoms with Crippen molar-refractivity contribution in [2.45, 2.75) is 37.5 Å². The number of hydrogen-bond acceptors (Lipinski definition) is 5. The Labute approximate surface area is 197 Å². The fourth-order valence-electron chi connectivity index (χ4n) is 4.43. The van der Waals surface area contributed by atoms with Crippen LogP contribution in [0.25, 0.3) is 10.9 Å². The molecule has 2 aromatic heterocycles. The molecule has 1 aliphatic heterocycles. The Bertz CT molecular complexity index is 1280. The summed E-state index contributed by atoms with van der Waals surface area (Å²) in [6, 6.07) is 9.11. The van der Waals surface area contributed by atoms with Crippen LogP contribution in [0, 0.1) is 5.95 Å². The standard InChI is InChI=1S/C23H22F4N6O2/c24-18-7-13(8-19(28)29-18)22(35)31-9-14(10-31)21-16-3-1-2-4-17(16)33(30-21)11-20(34)32(15-5-6-15)12-23(25,26)27/h1-4,7-8,14-15H,5-6,9-12H2,(H2,28,29). The second kappa shape index (κ2) is 8.51. The predicted molar refractivity (Wildman–Crippen MR) is 118 cm³/mol. The maximum atomic E-state index is 13.5. The summed E-state index contributed by atoms with van der Waals surface area (Å²) in [6.45, 7) is -0.944. The lowest BCUT2D eigenvalue weighted by molar-refractivity contribution is -0.162. The smallest absolute Gasteiger partial charge is 0.384 e. The lowest BCUT2D eigenvalue weighted by atomic mass is 9.93. The second-order valence-corrected chi connectivity index (χ2v) is 8.94. The largest absolute Gasteiger partial charge is 0.406 e. The molecule has 1 saturated heterocycles. The van der Waals surface area contributed by atoms with Gasteiger partial charge in [-0.15, -0.1) is 0 Å². The molecule has 35 heavy (non-hydrogen) atoms. The van der Waals surface area contributed by atoms with E-state index in [0.717, 1.165) is 16.4 Å². The number of likely N-dealkylation sites (tertiary alicyclic amines) is 1. The number of halogens is 4. The Kier molecular flexibility index (Phi) is 5.60. The van der Waals surface area contributed by atoms with E-state index >= 15 is 0 Å². The van der Waals surface area contributed by atoms with Crippen LogP contribution in [0.5, 0.6) is 0 Å². The van der Waals surface area contributed by atoms with Crippen molar-refractivity contribution in [3.05, 3.63) is 53.6 Å². The molecule has 2 aliphatic rings. The molecule has 2 fully saturated rings. The monoisotopic (exact) mass is 490 g/mol. The number of fused-ring (bicyclic) bond motifs is 1. The molecule has 3 heterocycles. The lowest BCUT2D eigenvalue weighted by Gasteiger charge is -2.38. The number of carbonyl (C=O) groups excluding carboxylic acids is 2. The van der Waals surface area contributed by atoms with Crippen molar-refractivity contribution < 1.29 is 27.2 Å². The van der Waals surface area contributed by atoms with Gasteiger partial charge in [-0.25, -0.2) is 4.98 Å². The Morgan fingerprint density at radius 2 is 1.86 bits per heavy atom. The molecule has 0 atom stereocenters. The molecule has 2 N–H and O–H groups in total.